The average Bonchev–Trinajstić information content (AvgIpc) is 3.11. The Morgan fingerprint density at radius 3 is 2.61 bits per heavy atom. The molecule has 1 aliphatic rings. The first-order valence-electron chi connectivity index (χ1n) is 7.99. The summed E-state index contributed by atoms with van der Waals surface area (Å²) in [5, 5.41) is 11.9. The van der Waals surface area contributed by atoms with E-state index in [1.54, 1.807) is 12.3 Å². The van der Waals surface area contributed by atoms with Gasteiger partial charge in [0, 0.05) is 31.6 Å². The molecule has 23 heavy (non-hydrogen) atoms. The van der Waals surface area contributed by atoms with Crippen LogP contribution >= 0.6 is 0 Å². The maximum Gasteiger partial charge on any atom is 0.259 e. The zero-order chi connectivity index (χ0) is 16.1. The van der Waals surface area contributed by atoms with Crippen molar-refractivity contribution in [2.45, 2.75) is 19.3 Å². The Morgan fingerprint density at radius 1 is 1.17 bits per heavy atom. The SMILES string of the molecule is O=C(Nc1ccc(CCO)cc1)c1cccnc1N1CCCC1. The number of nitrogens with zero attached hydrogens (tertiary/aromatic N) is 2. The minimum Gasteiger partial charge on any atom is -0.396 e. The number of aliphatic hydroxyl groups excluding tert-OH is 1. The highest BCUT2D eigenvalue weighted by Crippen LogP contribution is 2.23. The highest BCUT2D eigenvalue weighted by Gasteiger charge is 2.20. The summed E-state index contributed by atoms with van der Waals surface area (Å²) in [5.74, 6) is 0.620. The summed E-state index contributed by atoms with van der Waals surface area (Å²) in [5.41, 5.74) is 2.39. The standard InChI is InChI=1S/C18H21N3O2/c22-13-9-14-5-7-15(8-6-14)20-18(23)16-4-3-10-19-17(16)21-11-1-2-12-21/h3-8,10,22H,1-2,9,11-13H2,(H,20,23). The topological polar surface area (TPSA) is 65.5 Å². The van der Waals surface area contributed by atoms with Crippen LogP contribution < -0.4 is 10.2 Å². The van der Waals surface area contributed by atoms with E-state index in [-0.39, 0.29) is 12.5 Å². The van der Waals surface area contributed by atoms with E-state index in [0.29, 0.717) is 12.0 Å². The Labute approximate surface area is 136 Å². The molecule has 0 radical (unpaired) electrons. The molecule has 2 N–H and O–H groups in total. The van der Waals surface area contributed by atoms with Gasteiger partial charge < -0.3 is 15.3 Å². The second kappa shape index (κ2) is 7.24. The van der Waals surface area contributed by atoms with Crippen molar-refractivity contribution in [3.8, 4) is 0 Å². The number of rotatable bonds is 5. The molecule has 0 saturated carbocycles. The number of benzene rings is 1. The first kappa shape index (κ1) is 15.5. The summed E-state index contributed by atoms with van der Waals surface area (Å²) in [6.45, 7) is 2.03. The molecule has 0 spiro atoms. The molecule has 0 bridgehead atoms. The van der Waals surface area contributed by atoms with Gasteiger partial charge in [0.25, 0.3) is 5.91 Å². The zero-order valence-corrected chi connectivity index (χ0v) is 13.0. The molecule has 1 amide bonds. The molecule has 1 saturated heterocycles. The molecule has 0 atom stereocenters. The van der Waals surface area contributed by atoms with Gasteiger partial charge in [-0.3, -0.25) is 4.79 Å². The van der Waals surface area contributed by atoms with E-state index in [1.807, 2.05) is 30.3 Å². The van der Waals surface area contributed by atoms with Gasteiger partial charge in [0.2, 0.25) is 0 Å². The number of anilines is 2. The predicted molar refractivity (Wildman–Crippen MR) is 90.9 cm³/mol. The van der Waals surface area contributed by atoms with Gasteiger partial charge in [0.15, 0.2) is 0 Å². The van der Waals surface area contributed by atoms with Crippen molar-refractivity contribution in [2.75, 3.05) is 29.9 Å². The first-order chi connectivity index (χ1) is 11.3. The van der Waals surface area contributed by atoms with Crippen molar-refractivity contribution in [1.82, 2.24) is 4.98 Å². The van der Waals surface area contributed by atoms with Gasteiger partial charge in [-0.05, 0) is 49.1 Å². The van der Waals surface area contributed by atoms with Gasteiger partial charge in [-0.2, -0.15) is 0 Å². The van der Waals surface area contributed by atoms with Crippen LogP contribution in [-0.2, 0) is 6.42 Å². The Kier molecular flexibility index (Phi) is 4.88. The van der Waals surface area contributed by atoms with Crippen molar-refractivity contribution in [3.05, 3.63) is 53.7 Å². The lowest BCUT2D eigenvalue weighted by Crippen LogP contribution is -2.24. The van der Waals surface area contributed by atoms with Gasteiger partial charge >= 0.3 is 0 Å². The highest BCUT2D eigenvalue weighted by molar-refractivity contribution is 6.07. The summed E-state index contributed by atoms with van der Waals surface area (Å²) < 4.78 is 0. The molecule has 1 aliphatic heterocycles. The fraction of sp³-hybridized carbons (Fsp3) is 0.333. The molecule has 1 aromatic heterocycles. The summed E-state index contributed by atoms with van der Waals surface area (Å²) in [4.78, 5) is 19.1. The maximum absolute atomic E-state index is 12.6. The molecule has 2 heterocycles. The van der Waals surface area contributed by atoms with E-state index in [1.165, 1.54) is 0 Å². The van der Waals surface area contributed by atoms with E-state index in [9.17, 15) is 4.79 Å². The molecule has 1 aromatic carbocycles. The van der Waals surface area contributed by atoms with Crippen molar-refractivity contribution in [2.24, 2.45) is 0 Å². The van der Waals surface area contributed by atoms with Crippen LogP contribution in [0.1, 0.15) is 28.8 Å². The van der Waals surface area contributed by atoms with Crippen LogP contribution in [0.3, 0.4) is 0 Å². The normalized spacial score (nSPS) is 14.0. The monoisotopic (exact) mass is 311 g/mol. The van der Waals surface area contributed by atoms with Crippen LogP contribution in [0.25, 0.3) is 0 Å². The average molecular weight is 311 g/mol. The van der Waals surface area contributed by atoms with Gasteiger partial charge in [-0.25, -0.2) is 4.98 Å². The molecule has 5 heteroatoms. The third kappa shape index (κ3) is 3.68. The number of aromatic nitrogens is 1. The van der Waals surface area contributed by atoms with Crippen LogP contribution in [0.4, 0.5) is 11.5 Å². The second-order valence-electron chi connectivity index (χ2n) is 5.69. The summed E-state index contributed by atoms with van der Waals surface area (Å²) >= 11 is 0. The Bertz CT molecular complexity index is 664. The summed E-state index contributed by atoms with van der Waals surface area (Å²) in [6, 6.07) is 11.1. The zero-order valence-electron chi connectivity index (χ0n) is 13.0. The van der Waals surface area contributed by atoms with E-state index < -0.39 is 0 Å². The largest absolute Gasteiger partial charge is 0.396 e. The fourth-order valence-electron chi connectivity index (χ4n) is 2.84. The van der Waals surface area contributed by atoms with Crippen molar-refractivity contribution < 1.29 is 9.90 Å². The smallest absolute Gasteiger partial charge is 0.259 e. The number of carbonyl (C=O) groups excluding carboxylic acids is 1. The van der Waals surface area contributed by atoms with Gasteiger partial charge in [0.1, 0.15) is 5.82 Å². The fourth-order valence-corrected chi connectivity index (χ4v) is 2.84. The van der Waals surface area contributed by atoms with Crippen molar-refractivity contribution in [1.29, 1.82) is 0 Å². The molecule has 1 fully saturated rings. The number of hydrogen-bond acceptors (Lipinski definition) is 4. The lowest BCUT2D eigenvalue weighted by molar-refractivity contribution is 0.102. The van der Waals surface area contributed by atoms with Crippen molar-refractivity contribution in [3.63, 3.8) is 0 Å². The summed E-state index contributed by atoms with van der Waals surface area (Å²) in [6.07, 6.45) is 4.64. The van der Waals surface area contributed by atoms with Crippen molar-refractivity contribution >= 4 is 17.4 Å². The lowest BCUT2D eigenvalue weighted by Gasteiger charge is -2.19. The van der Waals surface area contributed by atoms with Crippen LogP contribution in [0.5, 0.6) is 0 Å². The van der Waals surface area contributed by atoms with E-state index >= 15 is 0 Å². The number of hydrogen-bond donors (Lipinski definition) is 2. The number of nitrogens with one attached hydrogen (secondary N) is 1. The van der Waals surface area contributed by atoms with Gasteiger partial charge in [-0.1, -0.05) is 12.1 Å². The quantitative estimate of drug-likeness (QED) is 0.890. The number of aliphatic hydroxyl groups is 1. The molecular formula is C18H21N3O2. The molecular weight excluding hydrogens is 290 g/mol. The minimum atomic E-state index is -0.144. The van der Waals surface area contributed by atoms with Crippen LogP contribution in [0, 0.1) is 0 Å². The number of amides is 1. The highest BCUT2D eigenvalue weighted by atomic mass is 16.3. The molecule has 5 nitrogen and oxygen atoms in total. The third-order valence-corrected chi connectivity index (χ3v) is 4.05. The van der Waals surface area contributed by atoms with Gasteiger partial charge in [-0.15, -0.1) is 0 Å². The Hall–Kier alpha value is -2.40. The van der Waals surface area contributed by atoms with Crippen LogP contribution in [-0.4, -0.2) is 35.7 Å². The van der Waals surface area contributed by atoms with E-state index in [0.717, 1.165) is 43.0 Å². The second-order valence-corrected chi connectivity index (χ2v) is 5.69. The molecule has 3 rings (SSSR count). The molecule has 120 valence electrons. The van der Waals surface area contributed by atoms with E-state index in [4.69, 9.17) is 5.11 Å². The maximum atomic E-state index is 12.6. The number of pyridine rings is 1. The Balaban J connectivity index is 1.75. The molecule has 2 aromatic rings. The minimum absolute atomic E-state index is 0.126. The first-order valence-corrected chi connectivity index (χ1v) is 7.99. The van der Waals surface area contributed by atoms with Crippen LogP contribution in [0.15, 0.2) is 42.6 Å². The van der Waals surface area contributed by atoms with E-state index in [2.05, 4.69) is 15.2 Å². The molecule has 0 aliphatic carbocycles. The number of carbonyl (C=O) groups is 1. The summed E-state index contributed by atoms with van der Waals surface area (Å²) in [7, 11) is 0. The third-order valence-electron chi connectivity index (χ3n) is 4.05. The lowest BCUT2D eigenvalue weighted by atomic mass is 10.1. The predicted octanol–water partition coefficient (Wildman–Crippen LogP) is 2.47. The molecule has 0 unspecified atom stereocenters. The Morgan fingerprint density at radius 2 is 1.91 bits per heavy atom. The van der Waals surface area contributed by atoms with Crippen LogP contribution in [0.2, 0.25) is 0 Å². The van der Waals surface area contributed by atoms with Gasteiger partial charge in [0.05, 0.1) is 5.56 Å².